The van der Waals surface area contributed by atoms with E-state index in [4.69, 9.17) is 0 Å². The van der Waals surface area contributed by atoms with Crippen LogP contribution in [-0.4, -0.2) is 4.57 Å². The van der Waals surface area contributed by atoms with E-state index in [-0.39, 0.29) is 0 Å². The minimum Gasteiger partial charge on any atom is -0.311 e. The predicted molar refractivity (Wildman–Crippen MR) is 246 cm³/mol. The van der Waals surface area contributed by atoms with Crippen LogP contribution in [0.25, 0.3) is 71.3 Å². The van der Waals surface area contributed by atoms with Gasteiger partial charge in [0.15, 0.2) is 0 Å². The fraction of sp³-hybridized carbons (Fsp3) is 0.0357. The number of nitrogens with zero attached hydrogens (tertiary/aromatic N) is 2. The Morgan fingerprint density at radius 1 is 0.431 bits per heavy atom. The maximum Gasteiger partial charge on any atom is 0.0619 e. The number of hydrogen-bond acceptors (Lipinski definition) is 1. The third-order valence-corrected chi connectivity index (χ3v) is 11.9. The molecule has 0 saturated carbocycles. The number of anilines is 2. The SMILES string of the molecule is C1=C[C@H](c2ccccc2)CC=C1N(c1ccc(-c2ccccc2)cc1)c1ccc2cc(-c3ccc4c(ccc5c6ccccc6n(-c6ccccc6)c45)c3)ccc2c1. The second-order valence-corrected chi connectivity index (χ2v) is 15.3. The summed E-state index contributed by atoms with van der Waals surface area (Å²) in [5.74, 6) is 0.373. The van der Waals surface area contributed by atoms with Gasteiger partial charge in [-0.15, -0.1) is 0 Å². The van der Waals surface area contributed by atoms with Crippen LogP contribution in [0.1, 0.15) is 17.9 Å². The molecule has 0 bridgehead atoms. The maximum absolute atomic E-state index is 2.42. The second kappa shape index (κ2) is 14.3. The monoisotopic (exact) mass is 740 g/mol. The van der Waals surface area contributed by atoms with Gasteiger partial charge in [-0.25, -0.2) is 0 Å². The Morgan fingerprint density at radius 3 is 1.79 bits per heavy atom. The highest BCUT2D eigenvalue weighted by atomic mass is 15.1. The van der Waals surface area contributed by atoms with Crippen LogP contribution in [0.3, 0.4) is 0 Å². The summed E-state index contributed by atoms with van der Waals surface area (Å²) in [7, 11) is 0. The first-order valence-electron chi connectivity index (χ1n) is 20.2. The topological polar surface area (TPSA) is 8.17 Å². The normalized spacial score (nSPS) is 14.0. The van der Waals surface area contributed by atoms with E-state index < -0.39 is 0 Å². The molecule has 2 heteroatoms. The Morgan fingerprint density at radius 2 is 1.02 bits per heavy atom. The number of hydrogen-bond donors (Lipinski definition) is 0. The van der Waals surface area contributed by atoms with Gasteiger partial charge < -0.3 is 9.47 Å². The molecule has 274 valence electrons. The lowest BCUT2D eigenvalue weighted by atomic mass is 9.91. The molecule has 1 heterocycles. The first-order valence-corrected chi connectivity index (χ1v) is 20.2. The van der Waals surface area contributed by atoms with E-state index in [1.165, 1.54) is 82.6 Å². The van der Waals surface area contributed by atoms with Crippen LogP contribution in [0.2, 0.25) is 0 Å². The first-order chi connectivity index (χ1) is 28.7. The molecular weight excluding hydrogens is 701 g/mol. The summed E-state index contributed by atoms with van der Waals surface area (Å²) in [6, 6.07) is 75.2. The van der Waals surface area contributed by atoms with Crippen molar-refractivity contribution in [1.82, 2.24) is 4.57 Å². The third-order valence-electron chi connectivity index (χ3n) is 11.9. The molecule has 1 atom stereocenters. The minimum atomic E-state index is 0.373. The zero-order valence-corrected chi connectivity index (χ0v) is 32.0. The van der Waals surface area contributed by atoms with Gasteiger partial charge >= 0.3 is 0 Å². The summed E-state index contributed by atoms with van der Waals surface area (Å²) in [4.78, 5) is 2.40. The van der Waals surface area contributed by atoms with Crippen LogP contribution in [0.15, 0.2) is 230 Å². The zero-order chi connectivity index (χ0) is 38.4. The minimum absolute atomic E-state index is 0.373. The molecule has 0 fully saturated rings. The number of fused-ring (bicyclic) bond motifs is 6. The lowest BCUT2D eigenvalue weighted by molar-refractivity contribution is 0.840. The number of rotatable bonds is 7. The summed E-state index contributed by atoms with van der Waals surface area (Å²) in [5, 5.41) is 7.47. The van der Waals surface area contributed by atoms with Gasteiger partial charge in [0.25, 0.3) is 0 Å². The van der Waals surface area contributed by atoms with Gasteiger partial charge in [-0.3, -0.25) is 0 Å². The van der Waals surface area contributed by atoms with E-state index in [2.05, 4.69) is 234 Å². The lowest BCUT2D eigenvalue weighted by Gasteiger charge is -2.29. The van der Waals surface area contributed by atoms with Crippen LogP contribution in [0, 0.1) is 0 Å². The van der Waals surface area contributed by atoms with Crippen molar-refractivity contribution in [2.45, 2.75) is 12.3 Å². The molecule has 0 radical (unpaired) electrons. The average molecular weight is 741 g/mol. The van der Waals surface area contributed by atoms with Gasteiger partial charge in [0.1, 0.15) is 0 Å². The van der Waals surface area contributed by atoms with Crippen molar-refractivity contribution in [2.75, 3.05) is 4.90 Å². The van der Waals surface area contributed by atoms with Gasteiger partial charge in [-0.1, -0.05) is 164 Å². The average Bonchev–Trinajstić information content (AvgIpc) is 3.65. The summed E-state index contributed by atoms with van der Waals surface area (Å²) >= 11 is 0. The highest BCUT2D eigenvalue weighted by molar-refractivity contribution is 6.19. The quantitative estimate of drug-likeness (QED) is 0.158. The molecule has 0 amide bonds. The number of benzene rings is 9. The van der Waals surface area contributed by atoms with Crippen molar-refractivity contribution in [3.05, 3.63) is 236 Å². The van der Waals surface area contributed by atoms with E-state index in [1.807, 2.05) is 0 Å². The Labute approximate surface area is 338 Å². The molecule has 0 spiro atoms. The second-order valence-electron chi connectivity index (χ2n) is 15.3. The molecule has 1 aliphatic rings. The molecule has 10 aromatic rings. The molecule has 0 saturated heterocycles. The van der Waals surface area contributed by atoms with Gasteiger partial charge in [-0.05, 0) is 111 Å². The molecule has 0 aliphatic heterocycles. The highest BCUT2D eigenvalue weighted by Crippen LogP contribution is 2.40. The van der Waals surface area contributed by atoms with Crippen LogP contribution >= 0.6 is 0 Å². The summed E-state index contributed by atoms with van der Waals surface area (Å²) in [6.45, 7) is 0. The lowest BCUT2D eigenvalue weighted by Crippen LogP contribution is -2.17. The van der Waals surface area contributed by atoms with Gasteiger partial charge in [0.05, 0.1) is 11.0 Å². The molecule has 1 aromatic heterocycles. The highest BCUT2D eigenvalue weighted by Gasteiger charge is 2.20. The van der Waals surface area contributed by atoms with E-state index in [0.29, 0.717) is 5.92 Å². The number of para-hydroxylation sites is 2. The van der Waals surface area contributed by atoms with Crippen molar-refractivity contribution in [3.8, 4) is 27.9 Å². The standard InChI is InChI=1S/C56H40N2/c1-4-12-39(13-5-1)41-22-29-49(30-23-41)57(50-31-24-42(25-32-50)40-14-6-2-7-15-40)51-33-26-44-36-43(20-21-46(44)38-51)45-27-34-52-47(37-45)28-35-54-53-18-10-11-19-55(53)58(56(52)54)48-16-8-3-9-17-48/h1-24,26-38,42H,25H2/t42-/m0/s1. The van der Waals surface area contributed by atoms with Crippen LogP contribution in [0.4, 0.5) is 11.4 Å². The fourth-order valence-corrected chi connectivity index (χ4v) is 8.97. The Bertz CT molecular complexity index is 3170. The fourth-order valence-electron chi connectivity index (χ4n) is 8.97. The Balaban J connectivity index is 0.960. The zero-order valence-electron chi connectivity index (χ0n) is 32.0. The van der Waals surface area contributed by atoms with Gasteiger partial charge in [0, 0.05) is 44.8 Å². The van der Waals surface area contributed by atoms with Crippen LogP contribution in [-0.2, 0) is 0 Å². The largest absolute Gasteiger partial charge is 0.311 e. The Hall–Kier alpha value is -7.42. The van der Waals surface area contributed by atoms with Crippen molar-refractivity contribution in [1.29, 1.82) is 0 Å². The molecule has 58 heavy (non-hydrogen) atoms. The Kier molecular flexibility index (Phi) is 8.33. The van der Waals surface area contributed by atoms with Gasteiger partial charge in [0.2, 0.25) is 0 Å². The molecular formula is C56H40N2. The smallest absolute Gasteiger partial charge is 0.0619 e. The van der Waals surface area contributed by atoms with Gasteiger partial charge in [-0.2, -0.15) is 0 Å². The van der Waals surface area contributed by atoms with Crippen molar-refractivity contribution < 1.29 is 0 Å². The van der Waals surface area contributed by atoms with E-state index in [1.54, 1.807) is 0 Å². The third kappa shape index (κ3) is 5.98. The van der Waals surface area contributed by atoms with E-state index in [0.717, 1.165) is 17.8 Å². The molecule has 2 nitrogen and oxygen atoms in total. The van der Waals surface area contributed by atoms with Crippen LogP contribution in [0.5, 0.6) is 0 Å². The molecule has 9 aromatic carbocycles. The summed E-state index contributed by atoms with van der Waals surface area (Å²) in [5.41, 5.74) is 13.3. The van der Waals surface area contributed by atoms with E-state index >= 15 is 0 Å². The van der Waals surface area contributed by atoms with E-state index in [9.17, 15) is 0 Å². The van der Waals surface area contributed by atoms with Crippen molar-refractivity contribution in [3.63, 3.8) is 0 Å². The number of allylic oxidation sites excluding steroid dienone is 3. The summed E-state index contributed by atoms with van der Waals surface area (Å²) in [6.07, 6.45) is 8.01. The molecule has 11 rings (SSSR count). The first kappa shape index (κ1) is 33.9. The van der Waals surface area contributed by atoms with Crippen LogP contribution < -0.4 is 4.90 Å². The predicted octanol–water partition coefficient (Wildman–Crippen LogP) is 15.2. The summed E-state index contributed by atoms with van der Waals surface area (Å²) < 4.78 is 2.42. The van der Waals surface area contributed by atoms with Crippen molar-refractivity contribution >= 4 is 54.7 Å². The maximum atomic E-state index is 2.42. The molecule has 1 aliphatic carbocycles. The number of aromatic nitrogens is 1. The van der Waals surface area contributed by atoms with Crippen molar-refractivity contribution in [2.24, 2.45) is 0 Å². The molecule has 0 N–H and O–H groups in total. The molecule has 0 unspecified atom stereocenters.